The van der Waals surface area contributed by atoms with Crippen LogP contribution in [0.3, 0.4) is 0 Å². The number of ketones is 1. The molecule has 1 saturated heterocycles. The zero-order valence-electron chi connectivity index (χ0n) is 12.4. The summed E-state index contributed by atoms with van der Waals surface area (Å²) in [5.41, 5.74) is 0.549. The number of non-ortho nitro benzene ring substituents is 1. The van der Waals surface area contributed by atoms with Crippen LogP contribution in [0.1, 0.15) is 30.6 Å². The van der Waals surface area contributed by atoms with E-state index < -0.39 is 4.92 Å². The van der Waals surface area contributed by atoms with Crippen LogP contribution in [0.5, 0.6) is 0 Å². The van der Waals surface area contributed by atoms with E-state index >= 15 is 0 Å². The molecule has 1 N–H and O–H groups in total. The van der Waals surface area contributed by atoms with Crippen LogP contribution in [0.15, 0.2) is 24.3 Å². The van der Waals surface area contributed by atoms with Crippen LogP contribution in [0.25, 0.3) is 0 Å². The maximum Gasteiger partial charge on any atom is 0.269 e. The Bertz CT molecular complexity index is 505. The van der Waals surface area contributed by atoms with Crippen LogP contribution in [0.2, 0.25) is 0 Å². The molecular weight excluding hydrogens is 270 g/mol. The molecule has 21 heavy (non-hydrogen) atoms. The Hall–Kier alpha value is -1.79. The van der Waals surface area contributed by atoms with Gasteiger partial charge in [-0.1, -0.05) is 0 Å². The third kappa shape index (κ3) is 4.34. The number of Topliss-reactive ketones (excluding diaryl/α,β-unsaturated/α-hetero) is 1. The van der Waals surface area contributed by atoms with E-state index in [0.717, 1.165) is 19.6 Å². The maximum absolute atomic E-state index is 12.1. The Morgan fingerprint density at radius 3 is 2.38 bits per heavy atom. The molecule has 6 heteroatoms. The normalized spacial score (nSPS) is 23.0. The van der Waals surface area contributed by atoms with Gasteiger partial charge in [0.15, 0.2) is 5.78 Å². The second-order valence-corrected chi connectivity index (χ2v) is 5.71. The molecule has 1 aliphatic rings. The molecule has 1 fully saturated rings. The molecule has 0 aromatic heterocycles. The monoisotopic (exact) mass is 291 g/mol. The number of hydrogen-bond acceptors (Lipinski definition) is 5. The van der Waals surface area contributed by atoms with Gasteiger partial charge in [-0.15, -0.1) is 0 Å². The Labute approximate surface area is 124 Å². The van der Waals surface area contributed by atoms with E-state index in [1.54, 1.807) is 0 Å². The topological polar surface area (TPSA) is 75.5 Å². The fourth-order valence-electron chi connectivity index (χ4n) is 2.80. The number of nitrogens with zero attached hydrogens (tertiary/aromatic N) is 2. The molecule has 0 spiro atoms. The van der Waals surface area contributed by atoms with Crippen molar-refractivity contribution in [3.63, 3.8) is 0 Å². The number of carbonyl (C=O) groups is 1. The van der Waals surface area contributed by atoms with Gasteiger partial charge in [0.2, 0.25) is 0 Å². The molecule has 1 aliphatic heterocycles. The third-order valence-electron chi connectivity index (χ3n) is 3.69. The largest absolute Gasteiger partial charge is 0.309 e. The highest BCUT2D eigenvalue weighted by Gasteiger charge is 2.21. The van der Waals surface area contributed by atoms with E-state index in [9.17, 15) is 14.9 Å². The number of benzene rings is 1. The van der Waals surface area contributed by atoms with E-state index in [1.165, 1.54) is 24.3 Å². The Balaban J connectivity index is 1.88. The molecule has 1 aromatic rings. The first-order valence-electron chi connectivity index (χ1n) is 7.22. The second-order valence-electron chi connectivity index (χ2n) is 5.71. The second kappa shape index (κ2) is 6.78. The molecule has 1 heterocycles. The van der Waals surface area contributed by atoms with Crippen molar-refractivity contribution < 1.29 is 9.72 Å². The van der Waals surface area contributed by atoms with Gasteiger partial charge >= 0.3 is 0 Å². The molecule has 6 nitrogen and oxygen atoms in total. The van der Waals surface area contributed by atoms with Crippen molar-refractivity contribution in [2.75, 3.05) is 19.6 Å². The van der Waals surface area contributed by atoms with Crippen molar-refractivity contribution in [3.8, 4) is 0 Å². The summed E-state index contributed by atoms with van der Waals surface area (Å²) < 4.78 is 0. The number of nitrogens with one attached hydrogen (secondary N) is 1. The molecule has 0 saturated carbocycles. The molecule has 0 radical (unpaired) electrons. The van der Waals surface area contributed by atoms with Crippen LogP contribution < -0.4 is 5.32 Å². The Morgan fingerprint density at radius 2 is 1.86 bits per heavy atom. The fourth-order valence-corrected chi connectivity index (χ4v) is 2.80. The summed E-state index contributed by atoms with van der Waals surface area (Å²) in [5, 5.41) is 14.0. The molecule has 0 amide bonds. The third-order valence-corrected chi connectivity index (χ3v) is 3.69. The van der Waals surface area contributed by atoms with Gasteiger partial charge in [0, 0.05) is 55.8 Å². The zero-order chi connectivity index (χ0) is 15.4. The minimum atomic E-state index is -0.461. The predicted octanol–water partition coefficient (Wildman–Crippen LogP) is 1.85. The molecule has 2 rings (SSSR count). The quantitative estimate of drug-likeness (QED) is 0.509. The van der Waals surface area contributed by atoms with E-state index in [0.29, 0.717) is 24.1 Å². The van der Waals surface area contributed by atoms with Gasteiger partial charge in [-0.3, -0.25) is 19.8 Å². The highest BCUT2D eigenvalue weighted by Crippen LogP contribution is 2.14. The zero-order valence-corrected chi connectivity index (χ0v) is 12.4. The van der Waals surface area contributed by atoms with Crippen molar-refractivity contribution in [1.29, 1.82) is 0 Å². The van der Waals surface area contributed by atoms with Crippen LogP contribution in [-0.4, -0.2) is 47.3 Å². The van der Waals surface area contributed by atoms with Gasteiger partial charge in [0.1, 0.15) is 0 Å². The Morgan fingerprint density at radius 1 is 1.29 bits per heavy atom. The average Bonchev–Trinajstić information content (AvgIpc) is 2.44. The van der Waals surface area contributed by atoms with Gasteiger partial charge in [0.05, 0.1) is 4.92 Å². The van der Waals surface area contributed by atoms with Crippen LogP contribution >= 0.6 is 0 Å². The van der Waals surface area contributed by atoms with Crippen molar-refractivity contribution in [2.24, 2.45) is 0 Å². The van der Waals surface area contributed by atoms with E-state index in [4.69, 9.17) is 0 Å². The summed E-state index contributed by atoms with van der Waals surface area (Å²) in [7, 11) is 0. The Kier molecular flexibility index (Phi) is 5.03. The van der Waals surface area contributed by atoms with Crippen LogP contribution in [-0.2, 0) is 0 Å². The lowest BCUT2D eigenvalue weighted by atomic mass is 10.1. The van der Waals surface area contributed by atoms with Crippen LogP contribution in [0.4, 0.5) is 5.69 Å². The van der Waals surface area contributed by atoms with Gasteiger partial charge in [-0.2, -0.15) is 0 Å². The summed E-state index contributed by atoms with van der Waals surface area (Å²) >= 11 is 0. The summed E-state index contributed by atoms with van der Waals surface area (Å²) in [6.07, 6.45) is 0.442. The SMILES string of the molecule is CC1CN(CCC(=O)c2ccc([N+](=O)[O-])cc2)CC(C)N1. The number of nitro groups is 1. The maximum atomic E-state index is 12.1. The summed E-state index contributed by atoms with van der Waals surface area (Å²) in [4.78, 5) is 24.5. The number of hydrogen-bond donors (Lipinski definition) is 1. The average molecular weight is 291 g/mol. The minimum Gasteiger partial charge on any atom is -0.309 e. The molecule has 0 bridgehead atoms. The summed E-state index contributed by atoms with van der Waals surface area (Å²) in [5.74, 6) is 0.0312. The predicted molar refractivity (Wildman–Crippen MR) is 80.5 cm³/mol. The van der Waals surface area contributed by atoms with E-state index in [-0.39, 0.29) is 11.5 Å². The summed E-state index contributed by atoms with van der Waals surface area (Å²) in [6, 6.07) is 6.68. The smallest absolute Gasteiger partial charge is 0.269 e. The first-order valence-corrected chi connectivity index (χ1v) is 7.22. The molecule has 1 aromatic carbocycles. The number of rotatable bonds is 5. The fraction of sp³-hybridized carbons (Fsp3) is 0.533. The van der Waals surface area contributed by atoms with Crippen molar-refractivity contribution in [2.45, 2.75) is 32.4 Å². The molecule has 114 valence electrons. The molecule has 2 unspecified atom stereocenters. The lowest BCUT2D eigenvalue weighted by Crippen LogP contribution is -2.54. The lowest BCUT2D eigenvalue weighted by Gasteiger charge is -2.36. The van der Waals surface area contributed by atoms with Gasteiger partial charge < -0.3 is 5.32 Å². The van der Waals surface area contributed by atoms with E-state index in [1.807, 2.05) is 0 Å². The number of nitro benzene ring substituents is 1. The number of piperazine rings is 1. The highest BCUT2D eigenvalue weighted by atomic mass is 16.6. The van der Waals surface area contributed by atoms with Crippen molar-refractivity contribution in [1.82, 2.24) is 10.2 Å². The first-order chi connectivity index (χ1) is 9.95. The highest BCUT2D eigenvalue weighted by molar-refractivity contribution is 5.96. The first kappa shape index (κ1) is 15.6. The van der Waals surface area contributed by atoms with Crippen molar-refractivity contribution in [3.05, 3.63) is 39.9 Å². The minimum absolute atomic E-state index is 0.0105. The standard InChI is InChI=1S/C15H21N3O3/c1-11-9-17(10-12(2)16-11)8-7-15(19)13-3-5-14(6-4-13)18(20)21/h3-6,11-12,16H,7-10H2,1-2H3. The van der Waals surface area contributed by atoms with Gasteiger partial charge in [-0.05, 0) is 26.0 Å². The van der Waals surface area contributed by atoms with Crippen molar-refractivity contribution >= 4 is 11.5 Å². The summed E-state index contributed by atoms with van der Waals surface area (Å²) in [6.45, 7) is 6.89. The van der Waals surface area contributed by atoms with Gasteiger partial charge in [0.25, 0.3) is 5.69 Å². The van der Waals surface area contributed by atoms with Crippen LogP contribution in [0, 0.1) is 10.1 Å². The molecule has 2 atom stereocenters. The van der Waals surface area contributed by atoms with E-state index in [2.05, 4.69) is 24.1 Å². The molecular formula is C15H21N3O3. The molecule has 0 aliphatic carbocycles. The number of carbonyl (C=O) groups excluding carboxylic acids is 1. The van der Waals surface area contributed by atoms with Gasteiger partial charge in [-0.25, -0.2) is 0 Å². The lowest BCUT2D eigenvalue weighted by molar-refractivity contribution is -0.384.